The molecular formula is C16H27N5. The summed E-state index contributed by atoms with van der Waals surface area (Å²) in [6.07, 6.45) is 7.29. The second kappa shape index (κ2) is 7.41. The molecule has 0 aromatic carbocycles. The summed E-state index contributed by atoms with van der Waals surface area (Å²) in [4.78, 5) is 0. The molecule has 0 saturated carbocycles. The van der Waals surface area contributed by atoms with Gasteiger partial charge in [-0.25, -0.2) is 0 Å². The Kier molecular flexibility index (Phi) is 5.56. The predicted octanol–water partition coefficient (Wildman–Crippen LogP) is 2.62. The van der Waals surface area contributed by atoms with Crippen LogP contribution in [0.5, 0.6) is 0 Å². The average molecular weight is 289 g/mol. The molecule has 0 bridgehead atoms. The maximum Gasteiger partial charge on any atom is 0.0597 e. The fourth-order valence-corrected chi connectivity index (χ4v) is 2.68. The highest BCUT2D eigenvalue weighted by atomic mass is 15.3. The minimum absolute atomic E-state index is 0.353. The molecule has 2 aromatic rings. The molecule has 2 rings (SSSR count). The topological polar surface area (TPSA) is 47.7 Å². The first kappa shape index (κ1) is 15.8. The number of hydrogen-bond acceptors (Lipinski definition) is 3. The molecule has 21 heavy (non-hydrogen) atoms. The van der Waals surface area contributed by atoms with Crippen LogP contribution in [0, 0.1) is 6.92 Å². The zero-order chi connectivity index (χ0) is 15.2. The van der Waals surface area contributed by atoms with E-state index in [1.165, 1.54) is 11.3 Å². The average Bonchev–Trinajstić information content (AvgIpc) is 3.05. The largest absolute Gasteiger partial charge is 0.309 e. The molecule has 0 saturated heterocycles. The molecule has 5 heteroatoms. The Morgan fingerprint density at radius 2 is 2.14 bits per heavy atom. The van der Waals surface area contributed by atoms with Gasteiger partial charge in [-0.1, -0.05) is 6.92 Å². The zero-order valence-corrected chi connectivity index (χ0v) is 13.6. The van der Waals surface area contributed by atoms with Crippen LogP contribution in [0.25, 0.3) is 0 Å². The Morgan fingerprint density at radius 1 is 1.33 bits per heavy atom. The highest BCUT2D eigenvalue weighted by Crippen LogP contribution is 2.20. The van der Waals surface area contributed by atoms with Gasteiger partial charge in [-0.15, -0.1) is 0 Å². The molecular weight excluding hydrogens is 262 g/mol. The van der Waals surface area contributed by atoms with Crippen LogP contribution in [0.3, 0.4) is 0 Å². The first-order valence-corrected chi connectivity index (χ1v) is 7.89. The summed E-state index contributed by atoms with van der Waals surface area (Å²) in [5.41, 5.74) is 3.68. The Morgan fingerprint density at radius 3 is 2.76 bits per heavy atom. The molecule has 0 aliphatic carbocycles. The smallest absolute Gasteiger partial charge is 0.0597 e. The van der Waals surface area contributed by atoms with E-state index in [9.17, 15) is 0 Å². The molecule has 2 aromatic heterocycles. The molecule has 0 amide bonds. The Bertz CT molecular complexity index is 555. The fraction of sp³-hybridized carbons (Fsp3) is 0.625. The molecule has 0 aliphatic heterocycles. The van der Waals surface area contributed by atoms with E-state index in [1.54, 1.807) is 0 Å². The first-order valence-electron chi connectivity index (χ1n) is 7.89. The van der Waals surface area contributed by atoms with Crippen molar-refractivity contribution < 1.29 is 0 Å². The van der Waals surface area contributed by atoms with E-state index >= 15 is 0 Å². The maximum atomic E-state index is 4.58. The van der Waals surface area contributed by atoms with Gasteiger partial charge in [-0.05, 0) is 51.3 Å². The summed E-state index contributed by atoms with van der Waals surface area (Å²) >= 11 is 0. The Balaban J connectivity index is 2.09. The highest BCUT2D eigenvalue weighted by molar-refractivity contribution is 5.14. The molecule has 1 unspecified atom stereocenters. The SMILES string of the molecule is CCCNC(CCc1cnn(C)c1)c1cc(C)nn1CC. The minimum Gasteiger partial charge on any atom is -0.309 e. The van der Waals surface area contributed by atoms with E-state index in [2.05, 4.69) is 53.2 Å². The van der Waals surface area contributed by atoms with Gasteiger partial charge in [0, 0.05) is 25.8 Å². The lowest BCUT2D eigenvalue weighted by Gasteiger charge is -2.19. The third-order valence-corrected chi connectivity index (χ3v) is 3.71. The summed E-state index contributed by atoms with van der Waals surface area (Å²) in [5.74, 6) is 0. The molecule has 2 heterocycles. The van der Waals surface area contributed by atoms with Gasteiger partial charge in [0.1, 0.15) is 0 Å². The Hall–Kier alpha value is -1.62. The van der Waals surface area contributed by atoms with Crippen molar-refractivity contribution >= 4 is 0 Å². The number of nitrogens with zero attached hydrogens (tertiary/aromatic N) is 4. The molecule has 1 atom stereocenters. The van der Waals surface area contributed by atoms with Gasteiger partial charge in [0.2, 0.25) is 0 Å². The number of hydrogen-bond donors (Lipinski definition) is 1. The van der Waals surface area contributed by atoms with Crippen LogP contribution in [0.1, 0.15) is 49.7 Å². The van der Waals surface area contributed by atoms with E-state index in [0.717, 1.165) is 38.0 Å². The van der Waals surface area contributed by atoms with Gasteiger partial charge in [0.15, 0.2) is 0 Å². The molecule has 0 aliphatic rings. The molecule has 0 spiro atoms. The standard InChI is InChI=1S/C16H27N5/c1-5-9-17-15(8-7-14-11-18-20(4)12-14)16-10-13(3)19-21(16)6-2/h10-12,15,17H,5-9H2,1-4H3. The second-order valence-corrected chi connectivity index (χ2v) is 5.59. The van der Waals surface area contributed by atoms with Gasteiger partial charge < -0.3 is 5.32 Å². The van der Waals surface area contributed by atoms with Gasteiger partial charge >= 0.3 is 0 Å². The van der Waals surface area contributed by atoms with E-state index in [4.69, 9.17) is 0 Å². The number of rotatable bonds is 8. The molecule has 0 fully saturated rings. The van der Waals surface area contributed by atoms with Gasteiger partial charge in [-0.3, -0.25) is 9.36 Å². The van der Waals surface area contributed by atoms with Crippen molar-refractivity contribution in [2.45, 2.75) is 52.6 Å². The van der Waals surface area contributed by atoms with E-state index in [1.807, 2.05) is 17.9 Å². The van der Waals surface area contributed by atoms with Crippen molar-refractivity contribution in [2.75, 3.05) is 6.54 Å². The normalized spacial score (nSPS) is 12.8. The van der Waals surface area contributed by atoms with Crippen molar-refractivity contribution in [3.8, 4) is 0 Å². The molecule has 0 radical (unpaired) electrons. The van der Waals surface area contributed by atoms with Crippen LogP contribution in [0.15, 0.2) is 18.5 Å². The van der Waals surface area contributed by atoms with Crippen LogP contribution in [0.4, 0.5) is 0 Å². The molecule has 1 N–H and O–H groups in total. The number of aromatic nitrogens is 4. The van der Waals surface area contributed by atoms with Crippen LogP contribution < -0.4 is 5.32 Å². The monoisotopic (exact) mass is 289 g/mol. The van der Waals surface area contributed by atoms with Crippen LogP contribution in [-0.4, -0.2) is 26.1 Å². The molecule has 5 nitrogen and oxygen atoms in total. The number of nitrogens with one attached hydrogen (secondary N) is 1. The fourth-order valence-electron chi connectivity index (χ4n) is 2.68. The van der Waals surface area contributed by atoms with Crippen molar-refractivity contribution in [3.05, 3.63) is 35.4 Å². The Labute approximate surface area is 127 Å². The van der Waals surface area contributed by atoms with E-state index in [-0.39, 0.29) is 0 Å². The van der Waals surface area contributed by atoms with Crippen molar-refractivity contribution in [1.29, 1.82) is 0 Å². The number of aryl methyl sites for hydroxylation is 4. The predicted molar refractivity (Wildman–Crippen MR) is 85.2 cm³/mol. The summed E-state index contributed by atoms with van der Waals surface area (Å²) in [5, 5.41) is 12.5. The van der Waals surface area contributed by atoms with Gasteiger partial charge in [0.05, 0.1) is 17.6 Å². The second-order valence-electron chi connectivity index (χ2n) is 5.59. The lowest BCUT2D eigenvalue weighted by molar-refractivity contribution is 0.456. The minimum atomic E-state index is 0.353. The van der Waals surface area contributed by atoms with Crippen LogP contribution in [0.2, 0.25) is 0 Å². The molecule has 116 valence electrons. The summed E-state index contributed by atoms with van der Waals surface area (Å²) in [6.45, 7) is 8.36. The van der Waals surface area contributed by atoms with Gasteiger partial charge in [-0.2, -0.15) is 10.2 Å². The highest BCUT2D eigenvalue weighted by Gasteiger charge is 2.16. The van der Waals surface area contributed by atoms with Crippen LogP contribution >= 0.6 is 0 Å². The quantitative estimate of drug-likeness (QED) is 0.812. The van der Waals surface area contributed by atoms with Crippen molar-refractivity contribution in [2.24, 2.45) is 7.05 Å². The third-order valence-electron chi connectivity index (χ3n) is 3.71. The maximum absolute atomic E-state index is 4.58. The first-order chi connectivity index (χ1) is 10.1. The van der Waals surface area contributed by atoms with Gasteiger partial charge in [0.25, 0.3) is 0 Å². The van der Waals surface area contributed by atoms with E-state index < -0.39 is 0 Å². The van der Waals surface area contributed by atoms with Crippen LogP contribution in [-0.2, 0) is 20.0 Å². The zero-order valence-electron chi connectivity index (χ0n) is 13.6. The summed E-state index contributed by atoms with van der Waals surface area (Å²) in [6, 6.07) is 2.56. The van der Waals surface area contributed by atoms with Crippen molar-refractivity contribution in [3.63, 3.8) is 0 Å². The van der Waals surface area contributed by atoms with Crippen molar-refractivity contribution in [1.82, 2.24) is 24.9 Å². The summed E-state index contributed by atoms with van der Waals surface area (Å²) in [7, 11) is 1.96. The lowest BCUT2D eigenvalue weighted by Crippen LogP contribution is -2.25. The van der Waals surface area contributed by atoms with E-state index in [0.29, 0.717) is 6.04 Å². The third kappa shape index (κ3) is 4.17. The lowest BCUT2D eigenvalue weighted by atomic mass is 10.0. The summed E-state index contributed by atoms with van der Waals surface area (Å²) < 4.78 is 3.98.